The van der Waals surface area contributed by atoms with Crippen LogP contribution in [0.2, 0.25) is 0 Å². The normalized spacial score (nSPS) is 22.7. The second-order valence-electron chi connectivity index (χ2n) is 6.36. The molecule has 4 heteroatoms. The molecule has 0 aromatic heterocycles. The number of aryl methyl sites for hydroxylation is 1. The fraction of sp³-hybridized carbons (Fsp3) is 0.562. The van der Waals surface area contributed by atoms with Crippen molar-refractivity contribution in [1.82, 2.24) is 4.90 Å². The quantitative estimate of drug-likeness (QED) is 0.869. The summed E-state index contributed by atoms with van der Waals surface area (Å²) in [7, 11) is 0. The minimum absolute atomic E-state index is 0.0790. The van der Waals surface area contributed by atoms with Gasteiger partial charge in [0.15, 0.2) is 0 Å². The molecule has 0 bridgehead atoms. The molecule has 1 atom stereocenters. The summed E-state index contributed by atoms with van der Waals surface area (Å²) in [4.78, 5) is 2.91. The van der Waals surface area contributed by atoms with Gasteiger partial charge >= 0.3 is 0 Å². The Morgan fingerprint density at radius 1 is 1.50 bits per heavy atom. The molecule has 0 saturated carbocycles. The average Bonchev–Trinajstić information content (AvgIpc) is 2.28. The van der Waals surface area contributed by atoms with Crippen molar-refractivity contribution in [3.05, 3.63) is 34.9 Å². The molecule has 1 fully saturated rings. The number of ether oxygens (including phenoxy) is 1. The van der Waals surface area contributed by atoms with Crippen molar-refractivity contribution in [2.24, 2.45) is 5.73 Å². The van der Waals surface area contributed by atoms with E-state index in [9.17, 15) is 0 Å². The molecule has 1 aliphatic heterocycles. The zero-order valence-electron chi connectivity index (χ0n) is 12.8. The summed E-state index contributed by atoms with van der Waals surface area (Å²) < 4.78 is 5.95. The second-order valence-corrected chi connectivity index (χ2v) is 6.80. The highest BCUT2D eigenvalue weighted by atomic mass is 32.1. The smallest absolute Gasteiger partial charge is 0.103 e. The summed E-state index contributed by atoms with van der Waals surface area (Å²) in [5.74, 6) is 0. The molecule has 1 aromatic carbocycles. The van der Waals surface area contributed by atoms with Crippen molar-refractivity contribution < 1.29 is 4.74 Å². The number of hydrogen-bond acceptors (Lipinski definition) is 3. The minimum atomic E-state index is -0.0790. The van der Waals surface area contributed by atoms with Crippen molar-refractivity contribution in [1.29, 1.82) is 0 Å². The first-order chi connectivity index (χ1) is 9.27. The van der Waals surface area contributed by atoms with Gasteiger partial charge in [-0.2, -0.15) is 0 Å². The number of nitrogens with zero attached hydrogens (tertiary/aromatic N) is 1. The predicted molar refractivity (Wildman–Crippen MR) is 87.0 cm³/mol. The van der Waals surface area contributed by atoms with E-state index in [1.165, 1.54) is 11.1 Å². The first-order valence-electron chi connectivity index (χ1n) is 7.06. The van der Waals surface area contributed by atoms with E-state index in [1.54, 1.807) is 0 Å². The molecule has 3 nitrogen and oxygen atoms in total. The van der Waals surface area contributed by atoms with Gasteiger partial charge in [0.25, 0.3) is 0 Å². The zero-order valence-corrected chi connectivity index (χ0v) is 13.6. The third-order valence-corrected chi connectivity index (χ3v) is 3.90. The van der Waals surface area contributed by atoms with Crippen molar-refractivity contribution in [3.8, 4) is 0 Å². The summed E-state index contributed by atoms with van der Waals surface area (Å²) in [5, 5.41) is 0. The van der Waals surface area contributed by atoms with E-state index in [0.29, 0.717) is 4.99 Å². The lowest BCUT2D eigenvalue weighted by atomic mass is 10.0. The standard InChI is InChI=1S/C16H24N2OS/c1-11-7-13(15(17)20)5-6-14(11)9-18-8-12(2)19-16(3,4)10-18/h5-7,12H,8-10H2,1-4H3,(H2,17,20). The van der Waals surface area contributed by atoms with Crippen LogP contribution >= 0.6 is 12.2 Å². The van der Waals surface area contributed by atoms with Gasteiger partial charge in [-0.15, -0.1) is 0 Å². The Morgan fingerprint density at radius 2 is 2.20 bits per heavy atom. The van der Waals surface area contributed by atoms with E-state index in [4.69, 9.17) is 22.7 Å². The van der Waals surface area contributed by atoms with Gasteiger partial charge in [0.05, 0.1) is 11.7 Å². The molecule has 0 amide bonds. The molecule has 0 aliphatic carbocycles. The predicted octanol–water partition coefficient (Wildman–Crippen LogP) is 2.63. The van der Waals surface area contributed by atoms with Gasteiger partial charge in [0.1, 0.15) is 4.99 Å². The van der Waals surface area contributed by atoms with Crippen LogP contribution in [0.4, 0.5) is 0 Å². The Bertz CT molecular complexity index is 513. The Labute approximate surface area is 127 Å². The first-order valence-corrected chi connectivity index (χ1v) is 7.47. The molecule has 1 saturated heterocycles. The topological polar surface area (TPSA) is 38.5 Å². The lowest BCUT2D eigenvalue weighted by Crippen LogP contribution is -2.51. The molecule has 1 aromatic rings. The Hall–Kier alpha value is -0.970. The van der Waals surface area contributed by atoms with E-state index in [-0.39, 0.29) is 11.7 Å². The molecule has 1 aliphatic rings. The van der Waals surface area contributed by atoms with E-state index >= 15 is 0 Å². The van der Waals surface area contributed by atoms with Gasteiger partial charge < -0.3 is 10.5 Å². The van der Waals surface area contributed by atoms with Crippen LogP contribution in [-0.2, 0) is 11.3 Å². The maximum atomic E-state index is 5.95. The summed E-state index contributed by atoms with van der Waals surface area (Å²) in [6, 6.07) is 6.23. The summed E-state index contributed by atoms with van der Waals surface area (Å²) in [6.45, 7) is 11.4. The number of hydrogen-bond donors (Lipinski definition) is 1. The van der Waals surface area contributed by atoms with E-state index in [1.807, 2.05) is 6.07 Å². The number of rotatable bonds is 3. The summed E-state index contributed by atoms with van der Waals surface area (Å²) >= 11 is 5.02. The molecule has 0 spiro atoms. The Kier molecular flexibility index (Phi) is 4.47. The zero-order chi connectivity index (χ0) is 14.9. The van der Waals surface area contributed by atoms with Gasteiger partial charge in [0, 0.05) is 25.2 Å². The Balaban J connectivity index is 2.12. The van der Waals surface area contributed by atoms with Crippen LogP contribution in [0.1, 0.15) is 37.5 Å². The maximum Gasteiger partial charge on any atom is 0.103 e. The highest BCUT2D eigenvalue weighted by molar-refractivity contribution is 7.80. The lowest BCUT2D eigenvalue weighted by Gasteiger charge is -2.42. The van der Waals surface area contributed by atoms with Crippen molar-refractivity contribution in [2.75, 3.05) is 13.1 Å². The number of thiocarbonyl (C=S) groups is 1. The molecular weight excluding hydrogens is 268 g/mol. The fourth-order valence-electron chi connectivity index (χ4n) is 2.97. The third kappa shape index (κ3) is 3.78. The van der Waals surface area contributed by atoms with Crippen LogP contribution < -0.4 is 5.73 Å². The van der Waals surface area contributed by atoms with E-state index in [2.05, 4.69) is 44.7 Å². The molecule has 1 unspecified atom stereocenters. The summed E-state index contributed by atoms with van der Waals surface area (Å²) in [5.41, 5.74) is 9.11. The van der Waals surface area contributed by atoms with Crippen LogP contribution in [0.5, 0.6) is 0 Å². The monoisotopic (exact) mass is 292 g/mol. The molecular formula is C16H24N2OS. The number of nitrogens with two attached hydrogens (primary N) is 1. The molecule has 2 N–H and O–H groups in total. The maximum absolute atomic E-state index is 5.95. The van der Waals surface area contributed by atoms with Crippen LogP contribution in [0, 0.1) is 6.92 Å². The van der Waals surface area contributed by atoms with Crippen molar-refractivity contribution in [2.45, 2.75) is 45.9 Å². The van der Waals surface area contributed by atoms with Gasteiger partial charge in [-0.25, -0.2) is 0 Å². The number of benzene rings is 1. The van der Waals surface area contributed by atoms with Crippen molar-refractivity contribution in [3.63, 3.8) is 0 Å². The van der Waals surface area contributed by atoms with Crippen LogP contribution in [0.15, 0.2) is 18.2 Å². The molecule has 2 rings (SSSR count). The largest absolute Gasteiger partial charge is 0.389 e. The molecule has 110 valence electrons. The van der Waals surface area contributed by atoms with E-state index < -0.39 is 0 Å². The first kappa shape index (κ1) is 15.4. The van der Waals surface area contributed by atoms with Gasteiger partial charge in [-0.3, -0.25) is 4.90 Å². The second kappa shape index (κ2) is 5.80. The van der Waals surface area contributed by atoms with Crippen molar-refractivity contribution >= 4 is 17.2 Å². The van der Waals surface area contributed by atoms with Gasteiger partial charge in [0.2, 0.25) is 0 Å². The van der Waals surface area contributed by atoms with Gasteiger partial charge in [-0.1, -0.05) is 24.4 Å². The molecule has 20 heavy (non-hydrogen) atoms. The molecule has 0 radical (unpaired) electrons. The lowest BCUT2D eigenvalue weighted by molar-refractivity contribution is -0.130. The highest BCUT2D eigenvalue weighted by Gasteiger charge is 2.31. The summed E-state index contributed by atoms with van der Waals surface area (Å²) in [6.07, 6.45) is 0.273. The minimum Gasteiger partial charge on any atom is -0.389 e. The SMILES string of the molecule is Cc1cc(C(N)=S)ccc1CN1CC(C)OC(C)(C)C1. The van der Waals surface area contributed by atoms with Gasteiger partial charge in [-0.05, 0) is 44.9 Å². The fourth-order valence-corrected chi connectivity index (χ4v) is 3.10. The van der Waals surface area contributed by atoms with Crippen LogP contribution in [-0.4, -0.2) is 34.7 Å². The highest BCUT2D eigenvalue weighted by Crippen LogP contribution is 2.23. The average molecular weight is 292 g/mol. The Morgan fingerprint density at radius 3 is 2.75 bits per heavy atom. The van der Waals surface area contributed by atoms with Crippen LogP contribution in [0.25, 0.3) is 0 Å². The number of morpholine rings is 1. The van der Waals surface area contributed by atoms with Crippen LogP contribution in [0.3, 0.4) is 0 Å². The van der Waals surface area contributed by atoms with E-state index in [0.717, 1.165) is 25.2 Å². The third-order valence-electron chi connectivity index (χ3n) is 3.66. The molecule has 1 heterocycles.